The van der Waals surface area contributed by atoms with Crippen molar-refractivity contribution in [2.24, 2.45) is 5.92 Å². The van der Waals surface area contributed by atoms with Crippen LogP contribution >= 0.6 is 11.6 Å². The Morgan fingerprint density at radius 3 is 1.85 bits per heavy atom. The second-order valence-electron chi connectivity index (χ2n) is 12.8. The van der Waals surface area contributed by atoms with Gasteiger partial charge < -0.3 is 14.2 Å². The summed E-state index contributed by atoms with van der Waals surface area (Å²) in [4.78, 5) is 24.9. The van der Waals surface area contributed by atoms with Gasteiger partial charge in [-0.25, -0.2) is 14.0 Å². The third-order valence-electron chi connectivity index (χ3n) is 8.71. The van der Waals surface area contributed by atoms with Crippen molar-refractivity contribution in [3.63, 3.8) is 0 Å². The number of benzene rings is 3. The summed E-state index contributed by atoms with van der Waals surface area (Å²) in [6, 6.07) is 16.2. The molecule has 1 atom stereocenters. The smallest absolute Gasteiger partial charge is 0.343 e. The Bertz CT molecular complexity index is 1390. The van der Waals surface area contributed by atoms with Crippen LogP contribution in [0.1, 0.15) is 138 Å². The Hall–Kier alpha value is -3.38. The Balaban J connectivity index is 1.36. The van der Waals surface area contributed by atoms with E-state index in [0.717, 1.165) is 36.5 Å². The Morgan fingerprint density at radius 2 is 1.29 bits per heavy atom. The zero-order valence-electron chi connectivity index (χ0n) is 29.2. The van der Waals surface area contributed by atoms with Gasteiger partial charge in [-0.15, -0.1) is 0 Å². The average molecular weight is 681 g/mol. The van der Waals surface area contributed by atoms with Gasteiger partial charge in [-0.1, -0.05) is 140 Å². The van der Waals surface area contributed by atoms with Gasteiger partial charge in [0.25, 0.3) is 0 Å². The number of hydrogen-bond acceptors (Lipinski definition) is 5. The highest BCUT2D eigenvalue weighted by molar-refractivity contribution is 6.32. The van der Waals surface area contributed by atoms with E-state index in [4.69, 9.17) is 25.8 Å². The maximum atomic E-state index is 14.6. The molecule has 0 radical (unpaired) electrons. The van der Waals surface area contributed by atoms with Crippen LogP contribution in [0.15, 0.2) is 60.7 Å². The summed E-state index contributed by atoms with van der Waals surface area (Å²) >= 11 is 6.54. The standard InChI is InChI=1S/C41H54ClFO5/c1-4-6-7-8-9-10-11-12-13-14-15-16-17-18-27-46-39-26-23-34(28-37(39)42)32-19-21-33(22-20-32)40(44)48-35-24-25-36(38(43)29-35)41(45)47-30-31(3)5-2/h19-26,28-29,31H,4-18,27,30H2,1-3H3/t31-/m0/s1. The molecule has 7 heteroatoms. The van der Waals surface area contributed by atoms with Crippen molar-refractivity contribution in [3.8, 4) is 22.6 Å². The van der Waals surface area contributed by atoms with Crippen LogP contribution in [0.3, 0.4) is 0 Å². The molecular weight excluding hydrogens is 627 g/mol. The lowest BCUT2D eigenvalue weighted by Gasteiger charge is -2.11. The van der Waals surface area contributed by atoms with E-state index in [2.05, 4.69) is 6.92 Å². The average Bonchev–Trinajstić information content (AvgIpc) is 3.09. The van der Waals surface area contributed by atoms with Crippen LogP contribution in [-0.4, -0.2) is 25.2 Å². The minimum atomic E-state index is -0.811. The molecule has 3 aromatic carbocycles. The third kappa shape index (κ3) is 14.0. The number of hydrogen-bond donors (Lipinski definition) is 0. The van der Waals surface area contributed by atoms with Gasteiger partial charge in [0.2, 0.25) is 0 Å². The molecule has 48 heavy (non-hydrogen) atoms. The van der Waals surface area contributed by atoms with Crippen LogP contribution in [0, 0.1) is 11.7 Å². The summed E-state index contributed by atoms with van der Waals surface area (Å²) in [6.07, 6.45) is 19.3. The molecule has 262 valence electrons. The van der Waals surface area contributed by atoms with E-state index in [1.54, 1.807) is 24.3 Å². The lowest BCUT2D eigenvalue weighted by atomic mass is 10.0. The van der Waals surface area contributed by atoms with Crippen LogP contribution in [0.5, 0.6) is 11.5 Å². The van der Waals surface area contributed by atoms with E-state index in [9.17, 15) is 14.0 Å². The normalized spacial score (nSPS) is 11.7. The van der Waals surface area contributed by atoms with E-state index in [1.165, 1.54) is 89.2 Å². The van der Waals surface area contributed by atoms with Gasteiger partial charge in [0, 0.05) is 6.07 Å². The number of ether oxygens (including phenoxy) is 3. The SMILES string of the molecule is CCCCCCCCCCCCCCCCOc1ccc(-c2ccc(C(=O)Oc3ccc(C(=O)OC[C@@H](C)CC)c(F)c3)cc2)cc1Cl. The number of carbonyl (C=O) groups excluding carboxylic acids is 2. The fraction of sp³-hybridized carbons (Fsp3) is 0.512. The predicted octanol–water partition coefficient (Wildman–Crippen LogP) is 12.4. The van der Waals surface area contributed by atoms with Crippen molar-refractivity contribution in [1.82, 2.24) is 0 Å². The number of rotatable bonds is 23. The van der Waals surface area contributed by atoms with Crippen molar-refractivity contribution >= 4 is 23.5 Å². The van der Waals surface area contributed by atoms with Gasteiger partial charge in [0.05, 0.1) is 29.4 Å². The molecule has 0 amide bonds. The van der Waals surface area contributed by atoms with Gasteiger partial charge in [-0.05, 0) is 59.9 Å². The quantitative estimate of drug-likeness (QED) is 0.0566. The highest BCUT2D eigenvalue weighted by atomic mass is 35.5. The number of unbranched alkanes of at least 4 members (excludes halogenated alkanes) is 13. The highest BCUT2D eigenvalue weighted by Crippen LogP contribution is 2.31. The minimum Gasteiger partial charge on any atom is -0.492 e. The van der Waals surface area contributed by atoms with Crippen molar-refractivity contribution < 1.29 is 28.2 Å². The van der Waals surface area contributed by atoms with Crippen molar-refractivity contribution in [3.05, 3.63) is 82.6 Å². The Kier molecular flexibility index (Phi) is 18.1. The molecular formula is C41H54ClFO5. The molecule has 0 spiro atoms. The molecule has 0 saturated carbocycles. The fourth-order valence-electron chi connectivity index (χ4n) is 5.38. The van der Waals surface area contributed by atoms with Crippen LogP contribution < -0.4 is 9.47 Å². The van der Waals surface area contributed by atoms with Gasteiger partial charge >= 0.3 is 11.9 Å². The van der Waals surface area contributed by atoms with Crippen LogP contribution in [0.4, 0.5) is 4.39 Å². The number of esters is 2. The lowest BCUT2D eigenvalue weighted by Crippen LogP contribution is -2.13. The van der Waals surface area contributed by atoms with Crippen LogP contribution in [0.2, 0.25) is 5.02 Å². The Morgan fingerprint density at radius 1 is 0.708 bits per heavy atom. The van der Waals surface area contributed by atoms with E-state index in [1.807, 2.05) is 32.0 Å². The van der Waals surface area contributed by atoms with Gasteiger partial charge in [-0.2, -0.15) is 0 Å². The monoisotopic (exact) mass is 680 g/mol. The van der Waals surface area contributed by atoms with Crippen molar-refractivity contribution in [2.45, 2.75) is 117 Å². The molecule has 0 aliphatic heterocycles. The topological polar surface area (TPSA) is 61.8 Å². The molecule has 3 aromatic rings. The van der Waals surface area contributed by atoms with Crippen LogP contribution in [-0.2, 0) is 4.74 Å². The first-order valence-electron chi connectivity index (χ1n) is 18.0. The summed E-state index contributed by atoms with van der Waals surface area (Å²) in [5.74, 6) is -1.35. The zero-order valence-corrected chi connectivity index (χ0v) is 29.9. The molecule has 0 aromatic heterocycles. The van der Waals surface area contributed by atoms with E-state index in [-0.39, 0.29) is 23.8 Å². The number of halogens is 2. The first-order valence-corrected chi connectivity index (χ1v) is 18.4. The van der Waals surface area contributed by atoms with Crippen molar-refractivity contribution in [1.29, 1.82) is 0 Å². The molecule has 0 aliphatic carbocycles. The largest absolute Gasteiger partial charge is 0.492 e. The maximum absolute atomic E-state index is 14.6. The molecule has 0 bridgehead atoms. The second-order valence-corrected chi connectivity index (χ2v) is 13.2. The summed E-state index contributed by atoms with van der Waals surface area (Å²) in [5, 5.41) is 0.538. The molecule has 0 unspecified atom stereocenters. The van der Waals surface area contributed by atoms with Crippen molar-refractivity contribution in [2.75, 3.05) is 13.2 Å². The zero-order chi connectivity index (χ0) is 34.6. The van der Waals surface area contributed by atoms with Gasteiger partial charge in [0.15, 0.2) is 0 Å². The van der Waals surface area contributed by atoms with Gasteiger partial charge in [-0.3, -0.25) is 0 Å². The highest BCUT2D eigenvalue weighted by Gasteiger charge is 2.17. The molecule has 0 aliphatic rings. The lowest BCUT2D eigenvalue weighted by molar-refractivity contribution is 0.0441. The van der Waals surface area contributed by atoms with Crippen LogP contribution in [0.25, 0.3) is 11.1 Å². The predicted molar refractivity (Wildman–Crippen MR) is 194 cm³/mol. The minimum absolute atomic E-state index is 0.00323. The first-order chi connectivity index (χ1) is 23.3. The third-order valence-corrected chi connectivity index (χ3v) is 9.00. The molecule has 0 N–H and O–H groups in total. The molecule has 0 fully saturated rings. The molecule has 3 rings (SSSR count). The summed E-state index contributed by atoms with van der Waals surface area (Å²) in [6.45, 7) is 7.05. The second kappa shape index (κ2) is 22.3. The summed E-state index contributed by atoms with van der Waals surface area (Å²) < 4.78 is 31.0. The first kappa shape index (κ1) is 39.1. The molecule has 0 saturated heterocycles. The maximum Gasteiger partial charge on any atom is 0.343 e. The van der Waals surface area contributed by atoms with E-state index in [0.29, 0.717) is 22.9 Å². The number of carbonyl (C=O) groups is 2. The molecule has 0 heterocycles. The fourth-order valence-corrected chi connectivity index (χ4v) is 5.61. The summed E-state index contributed by atoms with van der Waals surface area (Å²) in [7, 11) is 0. The van der Waals surface area contributed by atoms with E-state index >= 15 is 0 Å². The van der Waals surface area contributed by atoms with E-state index < -0.39 is 17.8 Å². The molecule has 5 nitrogen and oxygen atoms in total. The Labute approximate surface area is 292 Å². The van der Waals surface area contributed by atoms with Gasteiger partial charge in [0.1, 0.15) is 17.3 Å². The summed E-state index contributed by atoms with van der Waals surface area (Å²) in [5.41, 5.74) is 1.86.